The van der Waals surface area contributed by atoms with Crippen molar-refractivity contribution < 1.29 is 14.7 Å². The zero-order valence-electron chi connectivity index (χ0n) is 10.9. The molecule has 1 atom stereocenters. The topological polar surface area (TPSA) is 81.7 Å². The lowest BCUT2D eigenvalue weighted by atomic mass is 10.1. The van der Waals surface area contributed by atoms with E-state index in [9.17, 15) is 9.59 Å². The molecule has 0 aromatic heterocycles. The largest absolute Gasteiger partial charge is 0.480 e. The molecule has 1 saturated heterocycles. The summed E-state index contributed by atoms with van der Waals surface area (Å²) < 4.78 is 0. The molecule has 1 fully saturated rings. The van der Waals surface area contributed by atoms with Crippen molar-refractivity contribution in [3.63, 3.8) is 0 Å². The third-order valence-electron chi connectivity index (χ3n) is 3.07. The van der Waals surface area contributed by atoms with Crippen molar-refractivity contribution in [2.24, 2.45) is 0 Å². The van der Waals surface area contributed by atoms with Crippen molar-refractivity contribution in [2.45, 2.75) is 51.5 Å². The molecule has 6 heteroatoms. The van der Waals surface area contributed by atoms with Crippen LogP contribution >= 0.6 is 0 Å². The molecule has 0 aliphatic carbocycles. The van der Waals surface area contributed by atoms with E-state index in [2.05, 4.69) is 10.7 Å². The van der Waals surface area contributed by atoms with Gasteiger partial charge >= 0.3 is 12.0 Å². The van der Waals surface area contributed by atoms with Crippen LogP contribution in [0, 0.1) is 0 Å². The Balaban J connectivity index is 2.32. The van der Waals surface area contributed by atoms with Crippen LogP contribution in [0.5, 0.6) is 0 Å². The number of nitrogens with zero attached hydrogens (tertiary/aromatic N) is 1. The minimum absolute atomic E-state index is 0.416. The lowest BCUT2D eigenvalue weighted by Gasteiger charge is -2.27. The van der Waals surface area contributed by atoms with Gasteiger partial charge in [0.05, 0.1) is 0 Å². The predicted octanol–water partition coefficient (Wildman–Crippen LogP) is 1.33. The molecule has 0 radical (unpaired) electrons. The average molecular weight is 257 g/mol. The van der Waals surface area contributed by atoms with Gasteiger partial charge in [0, 0.05) is 13.1 Å². The van der Waals surface area contributed by atoms with Crippen LogP contribution in [0.4, 0.5) is 4.79 Å². The van der Waals surface area contributed by atoms with Gasteiger partial charge in [0.15, 0.2) is 0 Å². The highest BCUT2D eigenvalue weighted by atomic mass is 16.4. The minimum Gasteiger partial charge on any atom is -0.480 e. The highest BCUT2D eigenvalue weighted by Crippen LogP contribution is 2.06. The molecule has 2 amide bonds. The lowest BCUT2D eigenvalue weighted by molar-refractivity contribution is -0.139. The van der Waals surface area contributed by atoms with Gasteiger partial charge < -0.3 is 10.4 Å². The van der Waals surface area contributed by atoms with Gasteiger partial charge in [-0.1, -0.05) is 26.2 Å². The molecule has 1 aliphatic heterocycles. The van der Waals surface area contributed by atoms with E-state index < -0.39 is 18.0 Å². The van der Waals surface area contributed by atoms with Gasteiger partial charge in [0.25, 0.3) is 0 Å². The number of aliphatic carboxylic acids is 1. The molecule has 3 N–H and O–H groups in total. The molecular weight excluding hydrogens is 234 g/mol. The number of nitrogens with one attached hydrogen (secondary N) is 2. The highest BCUT2D eigenvalue weighted by molar-refractivity contribution is 5.82. The van der Waals surface area contributed by atoms with E-state index in [1.54, 1.807) is 0 Å². The fraction of sp³-hybridized carbons (Fsp3) is 0.833. The third kappa shape index (κ3) is 5.35. The molecular formula is C12H23N3O3. The average Bonchev–Trinajstić information content (AvgIpc) is 2.35. The van der Waals surface area contributed by atoms with E-state index in [-0.39, 0.29) is 0 Å². The van der Waals surface area contributed by atoms with E-state index in [0.29, 0.717) is 6.42 Å². The summed E-state index contributed by atoms with van der Waals surface area (Å²) in [6, 6.07) is -1.21. The Labute approximate surface area is 108 Å². The number of piperidine rings is 1. The van der Waals surface area contributed by atoms with Crippen molar-refractivity contribution >= 4 is 12.0 Å². The number of rotatable bonds is 6. The number of carboxylic acids is 1. The Morgan fingerprint density at radius 2 is 1.94 bits per heavy atom. The maximum Gasteiger partial charge on any atom is 0.330 e. The molecule has 18 heavy (non-hydrogen) atoms. The van der Waals surface area contributed by atoms with Crippen molar-refractivity contribution in [3.05, 3.63) is 0 Å². The monoisotopic (exact) mass is 257 g/mol. The number of hydrogen-bond donors (Lipinski definition) is 3. The van der Waals surface area contributed by atoms with Crippen molar-refractivity contribution in [2.75, 3.05) is 13.1 Å². The van der Waals surface area contributed by atoms with Crippen LogP contribution in [0.2, 0.25) is 0 Å². The molecule has 0 aromatic rings. The van der Waals surface area contributed by atoms with Crippen LogP contribution in [0.3, 0.4) is 0 Å². The number of carbonyl (C=O) groups is 2. The Morgan fingerprint density at radius 3 is 2.50 bits per heavy atom. The number of carbonyl (C=O) groups excluding carboxylic acids is 1. The number of hydrogen-bond acceptors (Lipinski definition) is 3. The van der Waals surface area contributed by atoms with Gasteiger partial charge in [-0.25, -0.2) is 14.6 Å². The Kier molecular flexibility index (Phi) is 6.49. The van der Waals surface area contributed by atoms with E-state index in [0.717, 1.165) is 38.8 Å². The molecule has 0 spiro atoms. The van der Waals surface area contributed by atoms with Crippen molar-refractivity contribution in [1.29, 1.82) is 0 Å². The molecule has 0 unspecified atom stereocenters. The van der Waals surface area contributed by atoms with E-state index in [1.807, 2.05) is 11.9 Å². The summed E-state index contributed by atoms with van der Waals surface area (Å²) in [6.45, 7) is 3.66. The first kappa shape index (κ1) is 14.8. The molecule has 6 nitrogen and oxygen atoms in total. The molecule has 1 rings (SSSR count). The molecule has 1 heterocycles. The van der Waals surface area contributed by atoms with Gasteiger partial charge in [-0.3, -0.25) is 5.43 Å². The zero-order chi connectivity index (χ0) is 13.4. The molecule has 0 aromatic carbocycles. The van der Waals surface area contributed by atoms with Crippen LogP contribution in [-0.2, 0) is 4.79 Å². The normalized spacial score (nSPS) is 18.1. The molecule has 0 bridgehead atoms. The van der Waals surface area contributed by atoms with Crippen LogP contribution in [0.15, 0.2) is 0 Å². The van der Waals surface area contributed by atoms with E-state index in [1.165, 1.54) is 6.42 Å². The fourth-order valence-electron chi connectivity index (χ4n) is 2.01. The maximum atomic E-state index is 11.7. The predicted molar refractivity (Wildman–Crippen MR) is 68.0 cm³/mol. The fourth-order valence-corrected chi connectivity index (χ4v) is 2.01. The summed E-state index contributed by atoms with van der Waals surface area (Å²) in [5, 5.41) is 13.4. The summed E-state index contributed by atoms with van der Waals surface area (Å²) in [7, 11) is 0. The maximum absolute atomic E-state index is 11.7. The number of carboxylic acid groups (broad SMARTS) is 1. The first-order chi connectivity index (χ1) is 8.63. The lowest BCUT2D eigenvalue weighted by Crippen LogP contribution is -2.53. The SMILES string of the molecule is CCCC[C@H](NC(=O)NN1CCCCC1)C(=O)O. The van der Waals surface area contributed by atoms with Gasteiger partial charge in [0.1, 0.15) is 6.04 Å². The summed E-state index contributed by atoms with van der Waals surface area (Å²) >= 11 is 0. The quantitative estimate of drug-likeness (QED) is 0.670. The summed E-state index contributed by atoms with van der Waals surface area (Å²) in [4.78, 5) is 22.6. The zero-order valence-corrected chi connectivity index (χ0v) is 10.9. The number of unbranched alkanes of at least 4 members (excludes halogenated alkanes) is 1. The highest BCUT2D eigenvalue weighted by Gasteiger charge is 2.20. The molecule has 0 saturated carbocycles. The van der Waals surface area contributed by atoms with Gasteiger partial charge in [-0.15, -0.1) is 0 Å². The summed E-state index contributed by atoms with van der Waals surface area (Å²) in [5.74, 6) is -0.975. The number of amides is 2. The van der Waals surface area contributed by atoms with Crippen molar-refractivity contribution in [1.82, 2.24) is 15.8 Å². The van der Waals surface area contributed by atoms with E-state index >= 15 is 0 Å². The third-order valence-corrected chi connectivity index (χ3v) is 3.07. The summed E-state index contributed by atoms with van der Waals surface area (Å²) in [6.07, 6.45) is 5.50. The standard InChI is InChI=1S/C12H23N3O3/c1-2-3-7-10(11(16)17)13-12(18)14-15-8-5-4-6-9-15/h10H,2-9H2,1H3,(H,16,17)(H2,13,14,18)/t10-/m0/s1. The second-order valence-electron chi connectivity index (χ2n) is 4.67. The Bertz CT molecular complexity index is 278. The van der Waals surface area contributed by atoms with Gasteiger partial charge in [0.2, 0.25) is 0 Å². The first-order valence-corrected chi connectivity index (χ1v) is 6.68. The van der Waals surface area contributed by atoms with E-state index in [4.69, 9.17) is 5.11 Å². The van der Waals surface area contributed by atoms with Crippen LogP contribution in [-0.4, -0.2) is 41.2 Å². The molecule has 1 aliphatic rings. The van der Waals surface area contributed by atoms with Crippen LogP contribution < -0.4 is 10.7 Å². The number of hydrazine groups is 1. The second-order valence-corrected chi connectivity index (χ2v) is 4.67. The second kappa shape index (κ2) is 7.92. The van der Waals surface area contributed by atoms with Gasteiger partial charge in [-0.05, 0) is 19.3 Å². The Hall–Kier alpha value is -1.30. The van der Waals surface area contributed by atoms with Gasteiger partial charge in [-0.2, -0.15) is 0 Å². The molecule has 104 valence electrons. The van der Waals surface area contributed by atoms with Crippen molar-refractivity contribution in [3.8, 4) is 0 Å². The smallest absolute Gasteiger partial charge is 0.330 e. The Morgan fingerprint density at radius 1 is 1.28 bits per heavy atom. The minimum atomic E-state index is -0.975. The van der Waals surface area contributed by atoms with Crippen LogP contribution in [0.25, 0.3) is 0 Å². The number of urea groups is 1. The first-order valence-electron chi connectivity index (χ1n) is 6.68. The van der Waals surface area contributed by atoms with Crippen LogP contribution in [0.1, 0.15) is 45.4 Å². The summed E-state index contributed by atoms with van der Waals surface area (Å²) in [5.41, 5.74) is 2.70.